The number of carbonyl (C=O) groups is 1. The highest BCUT2D eigenvalue weighted by Gasteiger charge is 2.32. The number of hydrogen-bond donors (Lipinski definition) is 2. The fourth-order valence-corrected chi connectivity index (χ4v) is 4.30. The van der Waals surface area contributed by atoms with Gasteiger partial charge in [0.25, 0.3) is 0 Å². The number of aliphatic hydroxyl groups excluding tert-OH is 1. The lowest BCUT2D eigenvalue weighted by Gasteiger charge is -2.39. The molecule has 2 fully saturated rings. The number of pyridine rings is 1. The molecule has 2 N–H and O–H groups in total. The molecule has 7 heteroatoms. The zero-order chi connectivity index (χ0) is 19.2. The summed E-state index contributed by atoms with van der Waals surface area (Å²) in [7, 11) is 3.16. The Hall–Kier alpha value is -1.70. The third-order valence-electron chi connectivity index (χ3n) is 5.86. The molecule has 4 atom stereocenters. The second kappa shape index (κ2) is 9.48. The lowest BCUT2D eigenvalue weighted by Crippen LogP contribution is -2.54. The molecule has 1 aliphatic carbocycles. The first-order valence-electron chi connectivity index (χ1n) is 9.86. The maximum absolute atomic E-state index is 12.0. The van der Waals surface area contributed by atoms with Crippen molar-refractivity contribution >= 4 is 11.8 Å². The summed E-state index contributed by atoms with van der Waals surface area (Å²) in [6.07, 6.45) is 7.05. The maximum Gasteiger partial charge on any atom is 0.341 e. The number of aromatic nitrogens is 1. The minimum absolute atomic E-state index is 0.0472. The van der Waals surface area contributed by atoms with E-state index in [0.717, 1.165) is 25.9 Å². The van der Waals surface area contributed by atoms with Gasteiger partial charge < -0.3 is 24.8 Å². The number of hydrogen-bond acceptors (Lipinski definition) is 7. The molecule has 0 amide bonds. The van der Waals surface area contributed by atoms with Crippen LogP contribution in [0, 0.1) is 5.92 Å². The number of rotatable bonds is 6. The van der Waals surface area contributed by atoms with Gasteiger partial charge in [-0.05, 0) is 37.3 Å². The van der Waals surface area contributed by atoms with E-state index in [0.29, 0.717) is 29.9 Å². The number of esters is 1. The summed E-state index contributed by atoms with van der Waals surface area (Å²) in [6, 6.07) is 3.47. The molecule has 27 heavy (non-hydrogen) atoms. The maximum atomic E-state index is 12.0. The van der Waals surface area contributed by atoms with Gasteiger partial charge in [0.2, 0.25) is 0 Å². The van der Waals surface area contributed by atoms with Gasteiger partial charge in [0, 0.05) is 39.0 Å². The normalized spacial score (nSPS) is 28.8. The minimum atomic E-state index is -0.518. The molecule has 1 aromatic rings. The Morgan fingerprint density at radius 2 is 2.15 bits per heavy atom. The van der Waals surface area contributed by atoms with Crippen molar-refractivity contribution in [1.82, 2.24) is 10.3 Å². The summed E-state index contributed by atoms with van der Waals surface area (Å²) in [5.74, 6) is 0.681. The van der Waals surface area contributed by atoms with Crippen LogP contribution in [0.15, 0.2) is 18.3 Å². The summed E-state index contributed by atoms with van der Waals surface area (Å²) in [5, 5.41) is 14.2. The van der Waals surface area contributed by atoms with Crippen LogP contribution < -0.4 is 10.2 Å². The molecule has 1 aliphatic heterocycles. The number of ether oxygens (including phenoxy) is 2. The standard InChI is InChI=1S/C20H31N3O4/c1-26-18-8-4-3-6-14(18)12-22-16-9-11-23(13-17(16)24)19-15(20(25)27-2)7-5-10-21-19/h5,7,10,14,16-18,22,24H,3-4,6,8-9,11-13H2,1-2H3. The summed E-state index contributed by atoms with van der Waals surface area (Å²) in [6.45, 7) is 2.04. The van der Waals surface area contributed by atoms with Gasteiger partial charge in [-0.15, -0.1) is 0 Å². The molecule has 2 aliphatic rings. The van der Waals surface area contributed by atoms with Crippen molar-refractivity contribution in [2.24, 2.45) is 5.92 Å². The molecule has 0 radical (unpaired) electrons. The van der Waals surface area contributed by atoms with Gasteiger partial charge in [0.05, 0.1) is 19.3 Å². The van der Waals surface area contributed by atoms with Crippen LogP contribution in [-0.4, -0.2) is 68.2 Å². The highest BCUT2D eigenvalue weighted by Crippen LogP contribution is 2.27. The van der Waals surface area contributed by atoms with Gasteiger partial charge in [-0.25, -0.2) is 9.78 Å². The van der Waals surface area contributed by atoms with Gasteiger partial charge in [-0.3, -0.25) is 0 Å². The fourth-order valence-electron chi connectivity index (χ4n) is 4.30. The quantitative estimate of drug-likeness (QED) is 0.729. The van der Waals surface area contributed by atoms with E-state index in [1.807, 2.05) is 4.90 Å². The number of nitrogens with one attached hydrogen (secondary N) is 1. The van der Waals surface area contributed by atoms with Gasteiger partial charge >= 0.3 is 5.97 Å². The average molecular weight is 377 g/mol. The van der Waals surface area contributed by atoms with E-state index >= 15 is 0 Å². The first-order valence-corrected chi connectivity index (χ1v) is 9.86. The molecule has 7 nitrogen and oxygen atoms in total. The Morgan fingerprint density at radius 3 is 2.89 bits per heavy atom. The zero-order valence-electron chi connectivity index (χ0n) is 16.3. The lowest BCUT2D eigenvalue weighted by atomic mass is 9.86. The van der Waals surface area contributed by atoms with Crippen molar-refractivity contribution in [2.75, 3.05) is 38.8 Å². The van der Waals surface area contributed by atoms with Crippen molar-refractivity contribution in [1.29, 1.82) is 0 Å². The molecule has 1 saturated heterocycles. The summed E-state index contributed by atoms with van der Waals surface area (Å²) < 4.78 is 10.5. The van der Waals surface area contributed by atoms with E-state index in [1.165, 1.54) is 26.4 Å². The Balaban J connectivity index is 1.57. The second-order valence-electron chi connectivity index (χ2n) is 7.50. The third-order valence-corrected chi connectivity index (χ3v) is 5.86. The first-order chi connectivity index (χ1) is 13.1. The third kappa shape index (κ3) is 4.78. The van der Waals surface area contributed by atoms with E-state index in [9.17, 15) is 9.90 Å². The molecular formula is C20H31N3O4. The van der Waals surface area contributed by atoms with E-state index < -0.39 is 12.1 Å². The van der Waals surface area contributed by atoms with Gasteiger partial charge in [0.15, 0.2) is 0 Å². The van der Waals surface area contributed by atoms with Crippen LogP contribution in [0.5, 0.6) is 0 Å². The van der Waals surface area contributed by atoms with Crippen molar-refractivity contribution in [3.05, 3.63) is 23.9 Å². The van der Waals surface area contributed by atoms with Crippen molar-refractivity contribution in [3.63, 3.8) is 0 Å². The second-order valence-corrected chi connectivity index (χ2v) is 7.50. The fraction of sp³-hybridized carbons (Fsp3) is 0.700. The van der Waals surface area contributed by atoms with Crippen LogP contribution in [0.1, 0.15) is 42.5 Å². The highest BCUT2D eigenvalue weighted by atomic mass is 16.5. The predicted molar refractivity (Wildman–Crippen MR) is 103 cm³/mol. The molecule has 2 heterocycles. The Kier molecular flexibility index (Phi) is 7.04. The molecule has 1 saturated carbocycles. The van der Waals surface area contributed by atoms with E-state index in [-0.39, 0.29) is 6.04 Å². The number of β-amino-alcohol motifs (C(OH)–C–C–N with tert-alkyl or cyclic N) is 1. The van der Waals surface area contributed by atoms with E-state index in [1.54, 1.807) is 25.4 Å². The van der Waals surface area contributed by atoms with Crippen molar-refractivity contribution < 1.29 is 19.4 Å². The largest absolute Gasteiger partial charge is 0.465 e. The highest BCUT2D eigenvalue weighted by molar-refractivity contribution is 5.94. The molecule has 0 spiro atoms. The predicted octanol–water partition coefficient (Wildman–Crippen LogP) is 1.60. The monoisotopic (exact) mass is 377 g/mol. The van der Waals surface area contributed by atoms with Crippen molar-refractivity contribution in [3.8, 4) is 0 Å². The van der Waals surface area contributed by atoms with Crippen LogP contribution in [0.2, 0.25) is 0 Å². The van der Waals surface area contributed by atoms with Gasteiger partial charge in [-0.1, -0.05) is 12.8 Å². The van der Waals surface area contributed by atoms with E-state index in [2.05, 4.69) is 10.3 Å². The molecule has 0 aromatic carbocycles. The molecule has 1 aromatic heterocycles. The van der Waals surface area contributed by atoms with E-state index in [4.69, 9.17) is 9.47 Å². The first kappa shape index (κ1) is 20.0. The summed E-state index contributed by atoms with van der Waals surface area (Å²) >= 11 is 0. The zero-order valence-corrected chi connectivity index (χ0v) is 16.3. The number of piperidine rings is 1. The number of nitrogens with zero attached hydrogens (tertiary/aromatic N) is 2. The number of anilines is 1. The van der Waals surface area contributed by atoms with Crippen LogP contribution in [0.25, 0.3) is 0 Å². The summed E-state index contributed by atoms with van der Waals surface area (Å²) in [4.78, 5) is 18.3. The SMILES string of the molecule is COC(=O)c1cccnc1N1CCC(NCC2CCCCC2OC)C(O)C1. The van der Waals surface area contributed by atoms with Gasteiger partial charge in [-0.2, -0.15) is 0 Å². The van der Waals surface area contributed by atoms with Crippen molar-refractivity contribution in [2.45, 2.75) is 50.4 Å². The molecule has 0 bridgehead atoms. The van der Waals surface area contributed by atoms with Gasteiger partial charge in [0.1, 0.15) is 11.4 Å². The van der Waals surface area contributed by atoms with Crippen LogP contribution in [0.3, 0.4) is 0 Å². The molecule has 3 rings (SSSR count). The number of methoxy groups -OCH3 is 2. The van der Waals surface area contributed by atoms with Crippen LogP contribution in [-0.2, 0) is 9.47 Å². The van der Waals surface area contributed by atoms with Crippen LogP contribution in [0.4, 0.5) is 5.82 Å². The molecular weight excluding hydrogens is 346 g/mol. The Labute approximate surface area is 161 Å². The topological polar surface area (TPSA) is 83.9 Å². The number of aliphatic hydroxyl groups is 1. The molecule has 150 valence electrons. The van der Waals surface area contributed by atoms with Crippen LogP contribution >= 0.6 is 0 Å². The lowest BCUT2D eigenvalue weighted by molar-refractivity contribution is 0.0191. The Bertz CT molecular complexity index is 627. The minimum Gasteiger partial charge on any atom is -0.465 e. The smallest absolute Gasteiger partial charge is 0.341 e. The number of carbonyl (C=O) groups excluding carboxylic acids is 1. The summed E-state index contributed by atoms with van der Waals surface area (Å²) in [5.41, 5.74) is 0.434. The molecule has 4 unspecified atom stereocenters. The average Bonchev–Trinajstić information content (AvgIpc) is 2.72. The Morgan fingerprint density at radius 1 is 1.33 bits per heavy atom.